The lowest BCUT2D eigenvalue weighted by molar-refractivity contribution is -0.195. The number of fused-ring (bicyclic) bond motifs is 2. The molecule has 0 spiro atoms. The van der Waals surface area contributed by atoms with Crippen LogP contribution in [0.2, 0.25) is 0 Å². The standard InChI is InChI=1S/C28H26N4O2S/c29-33-34-35-24-11-9-21(10-12-24)15-18-32(19-27-25-7-3-1-5-22(25)13-16-30-27)20-28-26-8-4-2-6-23(26)14-17-31-28/h1-14,16-17H,15,18-20,29H2. The molecule has 0 amide bonds. The molecule has 0 saturated heterocycles. The van der Waals surface area contributed by atoms with E-state index < -0.39 is 0 Å². The van der Waals surface area contributed by atoms with Crippen LogP contribution in [0.25, 0.3) is 21.5 Å². The van der Waals surface area contributed by atoms with Crippen molar-refractivity contribution >= 4 is 33.6 Å². The van der Waals surface area contributed by atoms with Crippen molar-refractivity contribution in [2.45, 2.75) is 24.4 Å². The smallest absolute Gasteiger partial charge is 0.0702 e. The molecule has 0 aliphatic carbocycles. The van der Waals surface area contributed by atoms with Crippen molar-refractivity contribution in [3.63, 3.8) is 0 Å². The summed E-state index contributed by atoms with van der Waals surface area (Å²) in [5.74, 6) is 4.92. The lowest BCUT2D eigenvalue weighted by atomic mass is 10.1. The summed E-state index contributed by atoms with van der Waals surface area (Å²) >= 11 is 1.09. The van der Waals surface area contributed by atoms with Gasteiger partial charge in [-0.3, -0.25) is 14.9 Å². The fourth-order valence-electron chi connectivity index (χ4n) is 4.31. The van der Waals surface area contributed by atoms with Crippen molar-refractivity contribution in [2.75, 3.05) is 6.54 Å². The first-order chi connectivity index (χ1) is 17.3. The highest BCUT2D eigenvalue weighted by Crippen LogP contribution is 2.23. The van der Waals surface area contributed by atoms with Gasteiger partial charge in [-0.15, -0.1) is 9.32 Å². The van der Waals surface area contributed by atoms with Crippen LogP contribution < -0.4 is 5.90 Å². The van der Waals surface area contributed by atoms with Crippen molar-refractivity contribution in [1.29, 1.82) is 0 Å². The van der Waals surface area contributed by atoms with E-state index in [1.807, 2.05) is 24.5 Å². The summed E-state index contributed by atoms with van der Waals surface area (Å²) < 4.78 is 4.73. The van der Waals surface area contributed by atoms with Crippen LogP contribution in [0, 0.1) is 0 Å². The number of hydrogen-bond acceptors (Lipinski definition) is 7. The average Bonchev–Trinajstić information content (AvgIpc) is 2.91. The normalized spacial score (nSPS) is 11.5. The van der Waals surface area contributed by atoms with Crippen LogP contribution in [0.4, 0.5) is 0 Å². The molecule has 0 atom stereocenters. The Labute approximate surface area is 208 Å². The third-order valence-electron chi connectivity index (χ3n) is 6.07. The van der Waals surface area contributed by atoms with E-state index in [4.69, 9.17) is 20.2 Å². The van der Waals surface area contributed by atoms with Gasteiger partial charge in [-0.1, -0.05) is 60.7 Å². The Morgan fingerprint density at radius 3 is 1.86 bits per heavy atom. The molecule has 0 radical (unpaired) electrons. The largest absolute Gasteiger partial charge is 0.291 e. The number of nitrogens with two attached hydrogens (primary N) is 1. The van der Waals surface area contributed by atoms with E-state index in [0.717, 1.165) is 54.4 Å². The topological polar surface area (TPSA) is 73.5 Å². The minimum absolute atomic E-state index is 0.738. The van der Waals surface area contributed by atoms with Gasteiger partial charge in [0.2, 0.25) is 0 Å². The number of nitrogens with zero attached hydrogens (tertiary/aromatic N) is 3. The molecule has 5 rings (SSSR count). The maximum absolute atomic E-state index is 4.92. The van der Waals surface area contributed by atoms with E-state index in [9.17, 15) is 0 Å². The number of rotatable bonds is 10. The van der Waals surface area contributed by atoms with E-state index in [0.29, 0.717) is 0 Å². The Balaban J connectivity index is 1.39. The quantitative estimate of drug-likeness (QED) is 0.152. The van der Waals surface area contributed by atoms with E-state index >= 15 is 0 Å². The predicted octanol–water partition coefficient (Wildman–Crippen LogP) is 5.86. The second-order valence-corrected chi connectivity index (χ2v) is 9.08. The first kappa shape index (κ1) is 23.4. The van der Waals surface area contributed by atoms with Crippen LogP contribution in [-0.2, 0) is 28.8 Å². The Morgan fingerprint density at radius 1 is 0.714 bits per heavy atom. The van der Waals surface area contributed by atoms with E-state index in [1.165, 1.54) is 27.1 Å². The highest BCUT2D eigenvalue weighted by atomic mass is 32.2. The van der Waals surface area contributed by atoms with Gasteiger partial charge in [-0.25, -0.2) is 0 Å². The van der Waals surface area contributed by atoms with Crippen molar-refractivity contribution < 1.29 is 9.32 Å². The van der Waals surface area contributed by atoms with Crippen LogP contribution in [0.5, 0.6) is 0 Å². The number of benzene rings is 3. The van der Waals surface area contributed by atoms with Crippen molar-refractivity contribution in [1.82, 2.24) is 14.9 Å². The fourth-order valence-corrected chi connectivity index (χ4v) is 4.68. The van der Waals surface area contributed by atoms with Crippen LogP contribution in [0.1, 0.15) is 17.0 Å². The van der Waals surface area contributed by atoms with E-state index in [-0.39, 0.29) is 0 Å². The molecule has 3 aromatic carbocycles. The molecule has 2 aromatic heterocycles. The van der Waals surface area contributed by atoms with Gasteiger partial charge < -0.3 is 0 Å². The van der Waals surface area contributed by atoms with Gasteiger partial charge in [-0.05, 0) is 47.0 Å². The average molecular weight is 483 g/mol. The molecule has 2 N–H and O–H groups in total. The van der Waals surface area contributed by atoms with E-state index in [2.05, 4.69) is 82.7 Å². The van der Waals surface area contributed by atoms with Gasteiger partial charge in [0.1, 0.15) is 0 Å². The van der Waals surface area contributed by atoms with Crippen LogP contribution >= 0.6 is 12.0 Å². The summed E-state index contributed by atoms with van der Waals surface area (Å²) in [5.41, 5.74) is 3.40. The monoisotopic (exact) mass is 482 g/mol. The lowest BCUT2D eigenvalue weighted by Crippen LogP contribution is -2.26. The Morgan fingerprint density at radius 2 is 1.29 bits per heavy atom. The molecule has 0 aliphatic rings. The van der Waals surface area contributed by atoms with Crippen molar-refractivity contribution in [3.05, 3.63) is 114 Å². The summed E-state index contributed by atoms with van der Waals surface area (Å²) in [6.07, 6.45) is 4.69. The molecule has 176 valence electrons. The minimum Gasteiger partial charge on any atom is -0.291 e. The number of hydrogen-bond donors (Lipinski definition) is 1. The van der Waals surface area contributed by atoms with Gasteiger partial charge in [0.15, 0.2) is 0 Å². The lowest BCUT2D eigenvalue weighted by Gasteiger charge is -2.23. The number of aromatic nitrogens is 2. The Bertz CT molecular complexity index is 1320. The van der Waals surface area contributed by atoms with Crippen molar-refractivity contribution in [2.24, 2.45) is 5.90 Å². The molecule has 5 aromatic rings. The molecule has 0 aliphatic heterocycles. The second kappa shape index (κ2) is 11.4. The Hall–Kier alpha value is -3.33. The molecular formula is C28H26N4O2S. The highest BCUT2D eigenvalue weighted by molar-refractivity contribution is 7.94. The van der Waals surface area contributed by atoms with Crippen LogP contribution in [0.3, 0.4) is 0 Å². The zero-order valence-corrected chi connectivity index (χ0v) is 20.0. The van der Waals surface area contributed by atoms with Crippen LogP contribution in [-0.4, -0.2) is 21.4 Å². The zero-order chi connectivity index (χ0) is 23.9. The summed E-state index contributed by atoms with van der Waals surface area (Å²) in [5, 5.41) is 4.79. The molecule has 0 fully saturated rings. The summed E-state index contributed by atoms with van der Waals surface area (Å²) in [6, 6.07) is 29.2. The molecule has 35 heavy (non-hydrogen) atoms. The fraction of sp³-hybridized carbons (Fsp3) is 0.143. The number of pyridine rings is 2. The SMILES string of the molecule is NOOSc1ccc(CCN(Cc2nccc3ccccc23)Cc2nccc3ccccc23)cc1. The summed E-state index contributed by atoms with van der Waals surface area (Å²) in [6.45, 7) is 2.34. The highest BCUT2D eigenvalue weighted by Gasteiger charge is 2.13. The predicted molar refractivity (Wildman–Crippen MR) is 140 cm³/mol. The van der Waals surface area contributed by atoms with Gasteiger partial charge in [0.25, 0.3) is 0 Å². The van der Waals surface area contributed by atoms with Crippen molar-refractivity contribution in [3.8, 4) is 0 Å². The van der Waals surface area contributed by atoms with Gasteiger partial charge in [0.05, 0.1) is 23.4 Å². The zero-order valence-electron chi connectivity index (χ0n) is 19.2. The maximum atomic E-state index is 4.92. The Kier molecular flexibility index (Phi) is 7.62. The van der Waals surface area contributed by atoms with Gasteiger partial charge >= 0.3 is 0 Å². The first-order valence-electron chi connectivity index (χ1n) is 11.5. The van der Waals surface area contributed by atoms with Gasteiger partial charge in [0, 0.05) is 47.7 Å². The minimum atomic E-state index is 0.738. The molecule has 6 nitrogen and oxygen atoms in total. The summed E-state index contributed by atoms with van der Waals surface area (Å²) in [7, 11) is 0. The summed E-state index contributed by atoms with van der Waals surface area (Å²) in [4.78, 5) is 17.0. The van der Waals surface area contributed by atoms with Gasteiger partial charge in [-0.2, -0.15) is 5.90 Å². The molecule has 0 unspecified atom stereocenters. The molecule has 0 bridgehead atoms. The van der Waals surface area contributed by atoms with Crippen LogP contribution in [0.15, 0.2) is 102 Å². The first-order valence-corrected chi connectivity index (χ1v) is 12.2. The third kappa shape index (κ3) is 5.85. The molecule has 0 saturated carbocycles. The third-order valence-corrected chi connectivity index (χ3v) is 6.68. The molecule has 2 heterocycles. The maximum Gasteiger partial charge on any atom is 0.0702 e. The molecular weight excluding hydrogens is 456 g/mol. The molecule has 7 heteroatoms. The second-order valence-electron chi connectivity index (χ2n) is 8.31. The van der Waals surface area contributed by atoms with E-state index in [1.54, 1.807) is 0 Å².